The molecule has 0 spiro atoms. The third kappa shape index (κ3) is 2.56. The van der Waals surface area contributed by atoms with Gasteiger partial charge < -0.3 is 20.4 Å². The molecule has 1 heterocycles. The standard InChI is InChI=1S/C13H18N2O3/c1-15(9-3-2-6-14-8-9)13(18)11-5-4-10(16)7-12(11)17/h4-5,7,9,14,16-17H,2-3,6,8H2,1H3. The van der Waals surface area contributed by atoms with Crippen molar-refractivity contribution in [1.82, 2.24) is 10.2 Å². The lowest BCUT2D eigenvalue weighted by Crippen LogP contribution is -2.46. The van der Waals surface area contributed by atoms with Gasteiger partial charge in [-0.1, -0.05) is 0 Å². The molecule has 1 saturated heterocycles. The average molecular weight is 250 g/mol. The average Bonchev–Trinajstić information content (AvgIpc) is 2.38. The SMILES string of the molecule is CN(C(=O)c1ccc(O)cc1O)C1CCCNC1. The van der Waals surface area contributed by atoms with Gasteiger partial charge in [-0.15, -0.1) is 0 Å². The monoisotopic (exact) mass is 250 g/mol. The lowest BCUT2D eigenvalue weighted by molar-refractivity contribution is 0.0705. The van der Waals surface area contributed by atoms with Crippen LogP contribution in [-0.4, -0.2) is 47.2 Å². The second-order valence-corrected chi connectivity index (χ2v) is 4.62. The Hall–Kier alpha value is -1.75. The molecule has 1 amide bonds. The second-order valence-electron chi connectivity index (χ2n) is 4.62. The van der Waals surface area contributed by atoms with E-state index in [0.717, 1.165) is 25.9 Å². The van der Waals surface area contributed by atoms with Gasteiger partial charge in [0.15, 0.2) is 0 Å². The summed E-state index contributed by atoms with van der Waals surface area (Å²) in [6, 6.07) is 4.18. The van der Waals surface area contributed by atoms with Crippen LogP contribution in [0.1, 0.15) is 23.2 Å². The number of nitrogens with zero attached hydrogens (tertiary/aromatic N) is 1. The lowest BCUT2D eigenvalue weighted by atomic mass is 10.0. The van der Waals surface area contributed by atoms with Gasteiger partial charge in [0, 0.05) is 25.7 Å². The highest BCUT2D eigenvalue weighted by Gasteiger charge is 2.24. The number of amides is 1. The van der Waals surface area contributed by atoms with Crippen molar-refractivity contribution in [3.8, 4) is 11.5 Å². The fourth-order valence-corrected chi connectivity index (χ4v) is 2.22. The number of carbonyl (C=O) groups excluding carboxylic acids is 1. The van der Waals surface area contributed by atoms with E-state index in [1.165, 1.54) is 18.2 Å². The Morgan fingerprint density at radius 3 is 2.83 bits per heavy atom. The molecule has 5 heteroatoms. The molecule has 0 bridgehead atoms. The van der Waals surface area contributed by atoms with Crippen LogP contribution in [0.3, 0.4) is 0 Å². The van der Waals surface area contributed by atoms with Gasteiger partial charge in [-0.25, -0.2) is 0 Å². The van der Waals surface area contributed by atoms with Gasteiger partial charge in [0.25, 0.3) is 5.91 Å². The number of aromatic hydroxyl groups is 2. The number of rotatable bonds is 2. The number of nitrogens with one attached hydrogen (secondary N) is 1. The number of hydrogen-bond acceptors (Lipinski definition) is 4. The molecular weight excluding hydrogens is 232 g/mol. The molecule has 0 saturated carbocycles. The van der Waals surface area contributed by atoms with Gasteiger partial charge >= 0.3 is 0 Å². The molecule has 0 aliphatic carbocycles. The highest BCUT2D eigenvalue weighted by molar-refractivity contribution is 5.97. The van der Waals surface area contributed by atoms with Crippen molar-refractivity contribution in [2.45, 2.75) is 18.9 Å². The maximum atomic E-state index is 12.2. The zero-order valence-electron chi connectivity index (χ0n) is 10.4. The minimum atomic E-state index is -0.221. The van der Waals surface area contributed by atoms with Crippen molar-refractivity contribution >= 4 is 5.91 Å². The van der Waals surface area contributed by atoms with Crippen LogP contribution in [0.15, 0.2) is 18.2 Å². The second kappa shape index (κ2) is 5.27. The van der Waals surface area contributed by atoms with E-state index in [4.69, 9.17) is 0 Å². The van der Waals surface area contributed by atoms with Crippen molar-refractivity contribution in [3.63, 3.8) is 0 Å². The number of benzene rings is 1. The molecule has 98 valence electrons. The summed E-state index contributed by atoms with van der Waals surface area (Å²) >= 11 is 0. The largest absolute Gasteiger partial charge is 0.508 e. The van der Waals surface area contributed by atoms with Crippen LogP contribution in [0.2, 0.25) is 0 Å². The van der Waals surface area contributed by atoms with Gasteiger partial charge in [0.2, 0.25) is 0 Å². The van der Waals surface area contributed by atoms with Crippen LogP contribution in [-0.2, 0) is 0 Å². The third-order valence-electron chi connectivity index (χ3n) is 3.35. The van der Waals surface area contributed by atoms with Gasteiger partial charge in [0.1, 0.15) is 11.5 Å². The van der Waals surface area contributed by atoms with Crippen molar-refractivity contribution in [1.29, 1.82) is 0 Å². The normalized spacial score (nSPS) is 19.5. The summed E-state index contributed by atoms with van der Waals surface area (Å²) in [6.45, 7) is 1.77. The Morgan fingerprint density at radius 2 is 2.22 bits per heavy atom. The van der Waals surface area contributed by atoms with Crippen molar-refractivity contribution in [3.05, 3.63) is 23.8 Å². The van der Waals surface area contributed by atoms with Crippen LogP contribution in [0.4, 0.5) is 0 Å². The van der Waals surface area contributed by atoms with E-state index in [1.807, 2.05) is 0 Å². The molecule has 0 aromatic heterocycles. The Bertz CT molecular complexity index is 442. The molecule has 2 rings (SSSR count). The molecule has 1 aliphatic heterocycles. The topological polar surface area (TPSA) is 72.8 Å². The zero-order valence-corrected chi connectivity index (χ0v) is 10.4. The Labute approximate surface area is 106 Å². The molecule has 0 radical (unpaired) electrons. The molecule has 1 aromatic carbocycles. The van der Waals surface area contributed by atoms with Crippen LogP contribution in [0.25, 0.3) is 0 Å². The number of likely N-dealkylation sites (N-methyl/N-ethyl adjacent to an activating group) is 1. The predicted molar refractivity (Wildman–Crippen MR) is 67.8 cm³/mol. The maximum Gasteiger partial charge on any atom is 0.257 e. The Morgan fingerprint density at radius 1 is 1.44 bits per heavy atom. The smallest absolute Gasteiger partial charge is 0.257 e. The number of carbonyl (C=O) groups is 1. The first kappa shape index (κ1) is 12.7. The van der Waals surface area contributed by atoms with Crippen molar-refractivity contribution < 1.29 is 15.0 Å². The third-order valence-corrected chi connectivity index (χ3v) is 3.35. The summed E-state index contributed by atoms with van der Waals surface area (Å²) in [5.74, 6) is -0.456. The van der Waals surface area contributed by atoms with Crippen LogP contribution < -0.4 is 5.32 Å². The fourth-order valence-electron chi connectivity index (χ4n) is 2.22. The van der Waals surface area contributed by atoms with Gasteiger partial charge in [-0.05, 0) is 31.5 Å². The molecule has 1 fully saturated rings. The lowest BCUT2D eigenvalue weighted by Gasteiger charge is -2.31. The van der Waals surface area contributed by atoms with Crippen LogP contribution in [0, 0.1) is 0 Å². The van der Waals surface area contributed by atoms with Gasteiger partial charge in [-0.3, -0.25) is 4.79 Å². The number of piperidine rings is 1. The summed E-state index contributed by atoms with van der Waals surface area (Å²) in [5, 5.41) is 22.1. The summed E-state index contributed by atoms with van der Waals surface area (Å²) < 4.78 is 0. The fraction of sp³-hybridized carbons (Fsp3) is 0.462. The highest BCUT2D eigenvalue weighted by Crippen LogP contribution is 2.24. The highest BCUT2D eigenvalue weighted by atomic mass is 16.3. The molecule has 1 unspecified atom stereocenters. The van der Waals surface area contributed by atoms with Gasteiger partial charge in [-0.2, -0.15) is 0 Å². The van der Waals surface area contributed by atoms with E-state index in [2.05, 4.69) is 5.32 Å². The number of hydrogen-bond donors (Lipinski definition) is 3. The summed E-state index contributed by atoms with van der Waals surface area (Å²) in [4.78, 5) is 13.9. The Balaban J connectivity index is 2.14. The van der Waals surface area contributed by atoms with E-state index in [-0.39, 0.29) is 29.0 Å². The van der Waals surface area contributed by atoms with E-state index in [0.29, 0.717) is 0 Å². The molecule has 3 N–H and O–H groups in total. The summed E-state index contributed by atoms with van der Waals surface area (Å²) in [5.41, 5.74) is 0.223. The summed E-state index contributed by atoms with van der Waals surface area (Å²) in [6.07, 6.45) is 2.01. The quantitative estimate of drug-likeness (QED) is 0.730. The number of phenolic OH excluding ortho intramolecular Hbond substituents is 2. The molecular formula is C13H18N2O3. The molecule has 1 aromatic rings. The Kier molecular flexibility index (Phi) is 3.72. The molecule has 1 aliphatic rings. The van der Waals surface area contributed by atoms with Crippen LogP contribution >= 0.6 is 0 Å². The van der Waals surface area contributed by atoms with E-state index < -0.39 is 0 Å². The zero-order chi connectivity index (χ0) is 13.1. The van der Waals surface area contributed by atoms with E-state index in [1.54, 1.807) is 11.9 Å². The van der Waals surface area contributed by atoms with E-state index in [9.17, 15) is 15.0 Å². The first-order valence-electron chi connectivity index (χ1n) is 6.09. The summed E-state index contributed by atoms with van der Waals surface area (Å²) in [7, 11) is 1.74. The molecule has 18 heavy (non-hydrogen) atoms. The predicted octanol–water partition coefficient (Wildman–Crippen LogP) is 0.922. The minimum Gasteiger partial charge on any atom is -0.508 e. The number of phenols is 2. The molecule has 5 nitrogen and oxygen atoms in total. The maximum absolute atomic E-state index is 12.2. The first-order valence-corrected chi connectivity index (χ1v) is 6.09. The van der Waals surface area contributed by atoms with E-state index >= 15 is 0 Å². The van der Waals surface area contributed by atoms with Crippen LogP contribution in [0.5, 0.6) is 11.5 Å². The van der Waals surface area contributed by atoms with Crippen molar-refractivity contribution in [2.75, 3.05) is 20.1 Å². The van der Waals surface area contributed by atoms with Crippen molar-refractivity contribution in [2.24, 2.45) is 0 Å². The van der Waals surface area contributed by atoms with Gasteiger partial charge in [0.05, 0.1) is 5.56 Å². The first-order chi connectivity index (χ1) is 8.59. The molecule has 1 atom stereocenters. The minimum absolute atomic E-state index is 0.0500.